The molecule has 6 heteroatoms. The van der Waals surface area contributed by atoms with Gasteiger partial charge in [-0.2, -0.15) is 0 Å². The molecule has 0 fully saturated rings. The Kier molecular flexibility index (Phi) is 44.5. The summed E-state index contributed by atoms with van der Waals surface area (Å²) in [5.74, 6) is -0.922. The molecule has 0 aliphatic carbocycles. The van der Waals surface area contributed by atoms with Gasteiger partial charge in [0.05, 0.1) is 0 Å². The van der Waals surface area contributed by atoms with Crippen LogP contribution in [0.15, 0.2) is 60.8 Å². The Hall–Kier alpha value is -2.89. The lowest BCUT2D eigenvalue weighted by Gasteiger charge is -2.18. The van der Waals surface area contributed by atoms with E-state index in [-0.39, 0.29) is 31.1 Å². The summed E-state index contributed by atoms with van der Waals surface area (Å²) in [6.07, 6.45) is 56.5. The van der Waals surface area contributed by atoms with Crippen molar-refractivity contribution in [1.82, 2.24) is 0 Å². The van der Waals surface area contributed by atoms with Crippen molar-refractivity contribution in [2.75, 3.05) is 13.2 Å². The molecule has 1 atom stereocenters. The van der Waals surface area contributed by atoms with Gasteiger partial charge >= 0.3 is 17.9 Å². The minimum absolute atomic E-state index is 0.0847. The molecule has 0 saturated carbocycles. The van der Waals surface area contributed by atoms with E-state index in [4.69, 9.17) is 14.2 Å². The largest absolute Gasteiger partial charge is 0.462 e. The number of allylic oxidation sites excluding steroid dienone is 10. The summed E-state index contributed by atoms with van der Waals surface area (Å²) in [7, 11) is 0. The summed E-state index contributed by atoms with van der Waals surface area (Å²) >= 11 is 0. The highest BCUT2D eigenvalue weighted by atomic mass is 16.6. The van der Waals surface area contributed by atoms with Crippen LogP contribution in [0.1, 0.15) is 233 Å². The summed E-state index contributed by atoms with van der Waals surface area (Å²) in [5.41, 5.74) is 0. The zero-order valence-corrected chi connectivity index (χ0v) is 38.0. The number of esters is 3. The highest BCUT2D eigenvalue weighted by Crippen LogP contribution is 2.13. The van der Waals surface area contributed by atoms with Crippen molar-refractivity contribution in [3.05, 3.63) is 60.8 Å². The fraction of sp³-hybridized carbons (Fsp3) is 0.750. The summed E-state index contributed by atoms with van der Waals surface area (Å²) in [4.78, 5) is 37.6. The van der Waals surface area contributed by atoms with Crippen LogP contribution in [0.4, 0.5) is 0 Å². The van der Waals surface area contributed by atoms with Crippen molar-refractivity contribution < 1.29 is 28.6 Å². The van der Waals surface area contributed by atoms with Crippen molar-refractivity contribution in [3.8, 4) is 0 Å². The van der Waals surface area contributed by atoms with E-state index >= 15 is 0 Å². The molecule has 0 heterocycles. The smallest absolute Gasteiger partial charge is 0.306 e. The molecule has 0 saturated heterocycles. The van der Waals surface area contributed by atoms with E-state index in [1.165, 1.54) is 89.9 Å². The van der Waals surface area contributed by atoms with Crippen molar-refractivity contribution in [3.63, 3.8) is 0 Å². The fourth-order valence-corrected chi connectivity index (χ4v) is 6.54. The van der Waals surface area contributed by atoms with Crippen LogP contribution >= 0.6 is 0 Å². The third kappa shape index (κ3) is 44.2. The van der Waals surface area contributed by atoms with Crippen LogP contribution in [0, 0.1) is 0 Å². The minimum Gasteiger partial charge on any atom is -0.462 e. The van der Waals surface area contributed by atoms with E-state index in [0.29, 0.717) is 19.3 Å². The highest BCUT2D eigenvalue weighted by molar-refractivity contribution is 5.71. The van der Waals surface area contributed by atoms with Crippen molar-refractivity contribution in [2.45, 2.75) is 239 Å². The lowest BCUT2D eigenvalue weighted by Crippen LogP contribution is -2.30. The Morgan fingerprint density at radius 2 is 0.621 bits per heavy atom. The predicted molar refractivity (Wildman–Crippen MR) is 247 cm³/mol. The quantitative estimate of drug-likeness (QED) is 0.0264. The zero-order chi connectivity index (χ0) is 42.3. The average Bonchev–Trinajstić information content (AvgIpc) is 3.22. The second-order valence-corrected chi connectivity index (χ2v) is 16.0. The maximum absolute atomic E-state index is 12.7. The van der Waals surface area contributed by atoms with Gasteiger partial charge in [-0.3, -0.25) is 14.4 Å². The number of hydrogen-bond donors (Lipinski definition) is 0. The van der Waals surface area contributed by atoms with Crippen molar-refractivity contribution in [1.29, 1.82) is 0 Å². The van der Waals surface area contributed by atoms with Crippen LogP contribution in [-0.4, -0.2) is 37.2 Å². The van der Waals surface area contributed by atoms with E-state index in [2.05, 4.69) is 81.5 Å². The Bertz CT molecular complexity index is 1070. The predicted octanol–water partition coefficient (Wildman–Crippen LogP) is 15.7. The summed E-state index contributed by atoms with van der Waals surface area (Å²) in [5, 5.41) is 0. The lowest BCUT2D eigenvalue weighted by molar-refractivity contribution is -0.167. The van der Waals surface area contributed by atoms with Gasteiger partial charge in [-0.1, -0.05) is 184 Å². The lowest BCUT2D eigenvalue weighted by atomic mass is 10.1. The molecule has 0 spiro atoms. The molecule has 0 amide bonds. The Morgan fingerprint density at radius 3 is 1.00 bits per heavy atom. The SMILES string of the molecule is CCCCC/C=C\C/C=C\C/C=C\CCCCCCCCC(=O)OCC(COC(=O)CCCCCCCC)OC(=O)CCCCCCC/C=C\C/C=C\CCCCC. The van der Waals surface area contributed by atoms with Crippen molar-refractivity contribution >= 4 is 17.9 Å². The van der Waals surface area contributed by atoms with Gasteiger partial charge in [0.1, 0.15) is 13.2 Å². The van der Waals surface area contributed by atoms with Gasteiger partial charge in [0.25, 0.3) is 0 Å². The molecule has 0 aromatic carbocycles. The maximum Gasteiger partial charge on any atom is 0.306 e. The Morgan fingerprint density at radius 1 is 0.345 bits per heavy atom. The molecule has 0 aliphatic heterocycles. The molecule has 58 heavy (non-hydrogen) atoms. The number of rotatable bonds is 43. The highest BCUT2D eigenvalue weighted by Gasteiger charge is 2.19. The van der Waals surface area contributed by atoms with Crippen LogP contribution in [-0.2, 0) is 28.6 Å². The van der Waals surface area contributed by atoms with Gasteiger partial charge in [0.15, 0.2) is 6.10 Å². The van der Waals surface area contributed by atoms with Crippen LogP contribution in [0.2, 0.25) is 0 Å². The number of hydrogen-bond acceptors (Lipinski definition) is 6. The molecule has 1 unspecified atom stereocenters. The number of carbonyl (C=O) groups excluding carboxylic acids is 3. The molecular weight excluding hydrogens is 721 g/mol. The minimum atomic E-state index is -0.782. The zero-order valence-electron chi connectivity index (χ0n) is 38.0. The number of ether oxygens (including phenoxy) is 3. The molecule has 0 N–H and O–H groups in total. The van der Waals surface area contributed by atoms with Crippen LogP contribution in [0.25, 0.3) is 0 Å². The van der Waals surface area contributed by atoms with E-state index in [9.17, 15) is 14.4 Å². The van der Waals surface area contributed by atoms with Gasteiger partial charge in [-0.05, 0) is 89.9 Å². The second kappa shape index (κ2) is 46.8. The van der Waals surface area contributed by atoms with Crippen LogP contribution in [0.5, 0.6) is 0 Å². The van der Waals surface area contributed by atoms with Gasteiger partial charge in [-0.15, -0.1) is 0 Å². The molecule has 6 nitrogen and oxygen atoms in total. The van der Waals surface area contributed by atoms with Gasteiger partial charge in [0, 0.05) is 19.3 Å². The number of unbranched alkanes of at least 4 members (excludes halogenated alkanes) is 22. The molecule has 0 aromatic heterocycles. The maximum atomic E-state index is 12.7. The molecular formula is C52H90O6. The molecule has 0 rings (SSSR count). The summed E-state index contributed by atoms with van der Waals surface area (Å²) < 4.78 is 16.6. The topological polar surface area (TPSA) is 78.9 Å². The summed E-state index contributed by atoms with van der Waals surface area (Å²) in [6.45, 7) is 6.49. The fourth-order valence-electron chi connectivity index (χ4n) is 6.54. The van der Waals surface area contributed by atoms with Gasteiger partial charge < -0.3 is 14.2 Å². The first-order valence-corrected chi connectivity index (χ1v) is 24.3. The molecule has 0 aliphatic rings. The summed E-state index contributed by atoms with van der Waals surface area (Å²) in [6, 6.07) is 0. The number of carbonyl (C=O) groups is 3. The third-order valence-corrected chi connectivity index (χ3v) is 10.2. The van der Waals surface area contributed by atoms with Gasteiger partial charge in [0.2, 0.25) is 0 Å². The molecule has 334 valence electrons. The monoisotopic (exact) mass is 811 g/mol. The average molecular weight is 811 g/mol. The van der Waals surface area contributed by atoms with E-state index < -0.39 is 6.10 Å². The first-order chi connectivity index (χ1) is 28.5. The Labute approximate surface area is 358 Å². The normalized spacial score (nSPS) is 12.5. The Balaban J connectivity index is 4.28. The molecule has 0 radical (unpaired) electrons. The first kappa shape index (κ1) is 55.1. The second-order valence-electron chi connectivity index (χ2n) is 16.0. The molecule has 0 bridgehead atoms. The van der Waals surface area contributed by atoms with E-state index in [1.54, 1.807) is 0 Å². The van der Waals surface area contributed by atoms with Crippen LogP contribution in [0.3, 0.4) is 0 Å². The van der Waals surface area contributed by atoms with E-state index in [1.807, 2.05) is 0 Å². The van der Waals surface area contributed by atoms with Gasteiger partial charge in [-0.25, -0.2) is 0 Å². The third-order valence-electron chi connectivity index (χ3n) is 10.2. The van der Waals surface area contributed by atoms with E-state index in [0.717, 1.165) is 103 Å². The van der Waals surface area contributed by atoms with Crippen molar-refractivity contribution in [2.24, 2.45) is 0 Å². The molecule has 0 aromatic rings. The van der Waals surface area contributed by atoms with Crippen LogP contribution < -0.4 is 0 Å². The standard InChI is InChI=1S/C52H90O6/c1-4-7-10-13-16-18-20-22-24-25-26-27-29-30-32-34-36-39-42-45-51(54)57-48-49(47-56-50(53)44-41-38-15-12-9-6-3)58-52(55)46-43-40-37-35-33-31-28-23-21-19-17-14-11-8-5-2/h16-19,22-24,26-28,49H,4-15,20-21,25,29-48H2,1-3H3/b18-16-,19-17-,24-22-,27-26-,28-23-. The first-order valence-electron chi connectivity index (χ1n) is 24.3.